The van der Waals surface area contributed by atoms with E-state index in [4.69, 9.17) is 9.47 Å². The smallest absolute Gasteiger partial charge is 0.273 e. The van der Waals surface area contributed by atoms with Crippen molar-refractivity contribution in [2.75, 3.05) is 19.5 Å². The fourth-order valence-electron chi connectivity index (χ4n) is 7.12. The Bertz CT molecular complexity index is 1270. The van der Waals surface area contributed by atoms with Gasteiger partial charge in [0.05, 0.1) is 32.0 Å². The molecule has 1 aromatic carbocycles. The molecule has 0 spiro atoms. The number of carbonyl (C=O) groups excluding carboxylic acids is 3. The van der Waals surface area contributed by atoms with Gasteiger partial charge in [-0.1, -0.05) is 51.4 Å². The van der Waals surface area contributed by atoms with E-state index >= 15 is 0 Å². The van der Waals surface area contributed by atoms with Crippen LogP contribution in [-0.2, 0) is 16.1 Å². The molecule has 3 aliphatic rings. The number of hydrogen-bond donors (Lipinski definition) is 2. The number of nitrogens with zero attached hydrogens (tertiary/aromatic N) is 2. The van der Waals surface area contributed by atoms with Crippen molar-refractivity contribution < 1.29 is 23.9 Å². The van der Waals surface area contributed by atoms with Crippen LogP contribution in [0.3, 0.4) is 0 Å². The van der Waals surface area contributed by atoms with Gasteiger partial charge in [0.2, 0.25) is 11.8 Å². The summed E-state index contributed by atoms with van der Waals surface area (Å²) in [6.45, 7) is 3.65. The van der Waals surface area contributed by atoms with E-state index in [1.54, 1.807) is 20.3 Å². The lowest BCUT2D eigenvalue weighted by Crippen LogP contribution is -2.67. The van der Waals surface area contributed by atoms with E-state index in [-0.39, 0.29) is 36.3 Å². The molecule has 5 rings (SSSR count). The third kappa shape index (κ3) is 5.15. The van der Waals surface area contributed by atoms with E-state index in [1.807, 2.05) is 22.5 Å². The van der Waals surface area contributed by atoms with Crippen molar-refractivity contribution in [1.29, 1.82) is 0 Å². The Morgan fingerprint density at radius 3 is 2.05 bits per heavy atom. The van der Waals surface area contributed by atoms with Crippen molar-refractivity contribution in [1.82, 2.24) is 14.8 Å². The molecule has 1 aromatic heterocycles. The number of rotatable bonds is 6. The maximum absolute atomic E-state index is 14.7. The van der Waals surface area contributed by atoms with Gasteiger partial charge in [0, 0.05) is 30.5 Å². The Hall–Kier alpha value is -3.23. The van der Waals surface area contributed by atoms with Crippen molar-refractivity contribution in [3.05, 3.63) is 17.8 Å². The predicted molar refractivity (Wildman–Crippen MR) is 155 cm³/mol. The van der Waals surface area contributed by atoms with E-state index in [1.165, 1.54) is 19.8 Å². The van der Waals surface area contributed by atoms with Crippen LogP contribution in [0.15, 0.2) is 12.1 Å². The summed E-state index contributed by atoms with van der Waals surface area (Å²) in [4.78, 5) is 43.2. The number of carbonyl (C=O) groups is 3. The molecule has 0 bridgehead atoms. The molecule has 0 saturated heterocycles. The molecule has 3 amide bonds. The molecule has 0 unspecified atom stereocenters. The molecule has 2 N–H and O–H groups in total. The molecule has 9 nitrogen and oxygen atoms in total. The minimum absolute atomic E-state index is 0.0408. The summed E-state index contributed by atoms with van der Waals surface area (Å²) in [5.41, 5.74) is 0.499. The van der Waals surface area contributed by atoms with E-state index in [0.29, 0.717) is 28.3 Å². The molecule has 218 valence electrons. The van der Waals surface area contributed by atoms with Gasteiger partial charge < -0.3 is 29.6 Å². The highest BCUT2D eigenvalue weighted by molar-refractivity contribution is 6.15. The van der Waals surface area contributed by atoms with Crippen LogP contribution in [0.2, 0.25) is 0 Å². The third-order valence-electron chi connectivity index (χ3n) is 9.16. The molecule has 2 saturated carbocycles. The number of methoxy groups -OCH3 is 2. The zero-order valence-electron chi connectivity index (χ0n) is 24.4. The summed E-state index contributed by atoms with van der Waals surface area (Å²) in [6, 6.07) is 3.72. The quantitative estimate of drug-likeness (QED) is 0.468. The number of amides is 3. The van der Waals surface area contributed by atoms with Crippen LogP contribution in [0.1, 0.15) is 101 Å². The average molecular weight is 553 g/mol. The first-order valence-corrected chi connectivity index (χ1v) is 15.0. The summed E-state index contributed by atoms with van der Waals surface area (Å²) in [7, 11) is 3.13. The number of aromatic nitrogens is 1. The highest BCUT2D eigenvalue weighted by Gasteiger charge is 2.51. The van der Waals surface area contributed by atoms with Gasteiger partial charge in [0.1, 0.15) is 11.2 Å². The summed E-state index contributed by atoms with van der Waals surface area (Å²) < 4.78 is 13.1. The van der Waals surface area contributed by atoms with E-state index < -0.39 is 5.54 Å². The van der Waals surface area contributed by atoms with Crippen LogP contribution in [0, 0.1) is 0 Å². The fraction of sp³-hybridized carbons (Fsp3) is 0.645. The van der Waals surface area contributed by atoms with Gasteiger partial charge in [-0.15, -0.1) is 0 Å². The Morgan fingerprint density at radius 1 is 0.900 bits per heavy atom. The molecule has 1 atom stereocenters. The van der Waals surface area contributed by atoms with Gasteiger partial charge in [-0.2, -0.15) is 0 Å². The number of anilines is 1. The van der Waals surface area contributed by atoms with Crippen molar-refractivity contribution in [2.24, 2.45) is 0 Å². The second kappa shape index (κ2) is 11.7. The first-order chi connectivity index (χ1) is 19.3. The molecular formula is C31H44N4O5. The summed E-state index contributed by atoms with van der Waals surface area (Å²) in [6.07, 6.45) is 12.7. The van der Waals surface area contributed by atoms with Gasteiger partial charge in [-0.25, -0.2) is 0 Å². The zero-order valence-corrected chi connectivity index (χ0v) is 24.4. The predicted octanol–water partition coefficient (Wildman–Crippen LogP) is 5.39. The zero-order chi connectivity index (χ0) is 28.4. The minimum atomic E-state index is -1.09. The maximum atomic E-state index is 14.7. The summed E-state index contributed by atoms with van der Waals surface area (Å²) >= 11 is 0. The molecule has 2 aliphatic carbocycles. The maximum Gasteiger partial charge on any atom is 0.273 e. The lowest BCUT2D eigenvalue weighted by molar-refractivity contribution is -0.135. The molecule has 2 heterocycles. The van der Waals surface area contributed by atoms with Crippen molar-refractivity contribution in [3.63, 3.8) is 0 Å². The molecule has 2 aromatic rings. The lowest BCUT2D eigenvalue weighted by Gasteiger charge is -2.48. The Morgan fingerprint density at radius 2 is 1.48 bits per heavy atom. The second-order valence-electron chi connectivity index (χ2n) is 12.0. The Labute approximate surface area is 236 Å². The highest BCUT2D eigenvalue weighted by Crippen LogP contribution is 2.44. The van der Waals surface area contributed by atoms with Crippen molar-refractivity contribution in [2.45, 2.75) is 115 Å². The van der Waals surface area contributed by atoms with Gasteiger partial charge >= 0.3 is 0 Å². The topological polar surface area (TPSA) is 102 Å². The van der Waals surface area contributed by atoms with Crippen LogP contribution in [0.4, 0.5) is 5.69 Å². The van der Waals surface area contributed by atoms with Gasteiger partial charge in [0.25, 0.3) is 5.91 Å². The molecule has 1 aliphatic heterocycles. The Kier molecular flexibility index (Phi) is 8.29. The average Bonchev–Trinajstić information content (AvgIpc) is 3.20. The molecule has 0 radical (unpaired) electrons. The number of fused-ring (bicyclic) bond motifs is 3. The molecular weight excluding hydrogens is 508 g/mol. The van der Waals surface area contributed by atoms with Crippen LogP contribution in [0.5, 0.6) is 11.5 Å². The molecule has 2 fully saturated rings. The molecule has 40 heavy (non-hydrogen) atoms. The van der Waals surface area contributed by atoms with Crippen LogP contribution < -0.4 is 20.1 Å². The Balaban J connectivity index is 1.67. The first kappa shape index (κ1) is 28.3. The molecule has 9 heteroatoms. The van der Waals surface area contributed by atoms with Crippen molar-refractivity contribution >= 4 is 34.3 Å². The lowest BCUT2D eigenvalue weighted by atomic mass is 9.89. The van der Waals surface area contributed by atoms with Crippen LogP contribution in [0.25, 0.3) is 10.9 Å². The van der Waals surface area contributed by atoms with E-state index in [0.717, 1.165) is 69.7 Å². The fourth-order valence-corrected chi connectivity index (χ4v) is 7.12. The van der Waals surface area contributed by atoms with E-state index in [2.05, 4.69) is 10.6 Å². The van der Waals surface area contributed by atoms with Gasteiger partial charge in [-0.3, -0.25) is 14.4 Å². The van der Waals surface area contributed by atoms with Crippen LogP contribution in [-0.4, -0.2) is 59.0 Å². The first-order valence-electron chi connectivity index (χ1n) is 15.0. The van der Waals surface area contributed by atoms with E-state index in [9.17, 15) is 14.4 Å². The van der Waals surface area contributed by atoms with Gasteiger partial charge in [-0.05, 0) is 38.7 Å². The monoisotopic (exact) mass is 552 g/mol. The highest BCUT2D eigenvalue weighted by atomic mass is 16.5. The summed E-state index contributed by atoms with van der Waals surface area (Å²) in [5, 5.41) is 6.99. The van der Waals surface area contributed by atoms with Gasteiger partial charge in [0.15, 0.2) is 11.5 Å². The number of nitrogens with one attached hydrogen (secondary N) is 2. The SMILES string of the molecule is COc1cc2c(NC(C)=O)c3n(c2cc1OC)C[C@](C)(C(=O)NC1CCCCCC1)N(C1CCCCCC1)C3=O. The third-order valence-corrected chi connectivity index (χ3v) is 9.16. The number of benzene rings is 1. The summed E-state index contributed by atoms with van der Waals surface area (Å²) in [5.74, 6) is 0.457. The minimum Gasteiger partial charge on any atom is -0.493 e. The normalized spacial score (nSPS) is 22.8. The second-order valence-corrected chi connectivity index (χ2v) is 12.0. The standard InChI is InChI=1S/C31H44N4O5/c1-20(36)32-27-23-17-25(39-3)26(40-4)18-24(23)34-19-31(2,30(38)33-21-13-9-5-6-10-14-21)35(29(37)28(27)34)22-15-11-7-8-12-16-22/h17-18,21-22H,5-16,19H2,1-4H3,(H,32,36)(H,33,38)/t31-/m1/s1. The van der Waals surface area contributed by atoms with Crippen LogP contribution >= 0.6 is 0 Å². The number of hydrogen-bond acceptors (Lipinski definition) is 5. The number of ether oxygens (including phenoxy) is 2. The van der Waals surface area contributed by atoms with Crippen molar-refractivity contribution in [3.8, 4) is 11.5 Å². The largest absolute Gasteiger partial charge is 0.493 e.